The molecule has 1 aromatic heterocycles. The molecule has 0 aromatic carbocycles. The largest absolute Gasteiger partial charge is 0.250 e. The molecule has 0 aliphatic rings. The summed E-state index contributed by atoms with van der Waals surface area (Å²) >= 11 is 31.8. The Morgan fingerprint density at radius 2 is 1.74 bits per heavy atom. The van der Waals surface area contributed by atoms with Crippen LogP contribution >= 0.6 is 81.5 Å². The van der Waals surface area contributed by atoms with Crippen molar-refractivity contribution in [1.82, 2.24) is 4.98 Å². The smallest absolute Gasteiger partial charge is 0.127 e. The molecule has 0 atom stereocenters. The van der Waals surface area contributed by atoms with Crippen LogP contribution in [0.15, 0.2) is 48.3 Å². The molecule has 0 aliphatic carbocycles. The molecule has 1 rings (SSSR count). The van der Waals surface area contributed by atoms with Gasteiger partial charge in [0.2, 0.25) is 0 Å². The highest BCUT2D eigenvalue weighted by Crippen LogP contribution is 2.36. The molecule has 1 heterocycles. The molecule has 0 spiro atoms. The maximum Gasteiger partial charge on any atom is 0.127 e. The Balaban J connectivity index is 2.41. The lowest BCUT2D eigenvalue weighted by Crippen LogP contribution is -1.86. The normalized spacial score (nSPS) is 12.1. The van der Waals surface area contributed by atoms with Gasteiger partial charge in [-0.25, -0.2) is 4.98 Å². The summed E-state index contributed by atoms with van der Waals surface area (Å²) in [5, 5.41) is 1.19. The predicted octanol–water partition coefficient (Wildman–Crippen LogP) is 6.44. The zero-order valence-electron chi connectivity index (χ0n) is 9.38. The molecule has 104 valence electrons. The molecule has 0 bridgehead atoms. The molecule has 1 nitrogen and oxygen atoms in total. The molecular weight excluding hydrogens is 388 g/mol. The highest BCUT2D eigenvalue weighted by atomic mass is 35.5. The first kappa shape index (κ1) is 17.8. The van der Waals surface area contributed by atoms with Crippen molar-refractivity contribution in [1.29, 1.82) is 0 Å². The van der Waals surface area contributed by atoms with Gasteiger partial charge in [0.15, 0.2) is 0 Å². The van der Waals surface area contributed by atoms with Crippen molar-refractivity contribution in [2.75, 3.05) is 11.5 Å². The van der Waals surface area contributed by atoms with Gasteiger partial charge in [-0.3, -0.25) is 0 Å². The molecule has 0 saturated heterocycles. The van der Waals surface area contributed by atoms with E-state index in [2.05, 4.69) is 4.98 Å². The maximum atomic E-state index is 6.00. The molecule has 0 amide bonds. The Kier molecular flexibility index (Phi) is 9.07. The highest BCUT2D eigenvalue weighted by Gasteiger charge is 2.10. The summed E-state index contributed by atoms with van der Waals surface area (Å²) in [5.74, 6) is 1.61. The SMILES string of the molecule is ClC(Cl)=C(Cl)/C(Cl)=C(\Cl)SCCSc1ccccn1. The first-order valence-electron chi connectivity index (χ1n) is 4.95. The van der Waals surface area contributed by atoms with Crippen LogP contribution in [0.5, 0.6) is 0 Å². The second kappa shape index (κ2) is 9.67. The van der Waals surface area contributed by atoms with E-state index in [1.165, 1.54) is 11.8 Å². The minimum absolute atomic E-state index is 0.0554. The van der Waals surface area contributed by atoms with E-state index in [1.54, 1.807) is 18.0 Å². The quantitative estimate of drug-likeness (QED) is 0.312. The van der Waals surface area contributed by atoms with Crippen molar-refractivity contribution in [3.8, 4) is 0 Å². The van der Waals surface area contributed by atoms with E-state index in [1.807, 2.05) is 18.2 Å². The molecule has 0 N–H and O–H groups in total. The van der Waals surface area contributed by atoms with Gasteiger partial charge >= 0.3 is 0 Å². The van der Waals surface area contributed by atoms with Crippen molar-refractivity contribution in [2.24, 2.45) is 0 Å². The topological polar surface area (TPSA) is 12.9 Å². The Hall–Kier alpha value is 0.780. The van der Waals surface area contributed by atoms with Gasteiger partial charge in [-0.1, -0.05) is 64.1 Å². The first-order valence-corrected chi connectivity index (χ1v) is 8.81. The maximum absolute atomic E-state index is 6.00. The zero-order valence-corrected chi connectivity index (χ0v) is 14.8. The van der Waals surface area contributed by atoms with Crippen molar-refractivity contribution in [3.63, 3.8) is 0 Å². The molecule has 0 radical (unpaired) electrons. The predicted molar refractivity (Wildman–Crippen MR) is 90.7 cm³/mol. The van der Waals surface area contributed by atoms with Crippen LogP contribution in [0.1, 0.15) is 0 Å². The van der Waals surface area contributed by atoms with E-state index < -0.39 is 0 Å². The summed E-state index contributed by atoms with van der Waals surface area (Å²) in [6.07, 6.45) is 1.76. The summed E-state index contributed by atoms with van der Waals surface area (Å²) in [5.41, 5.74) is 0. The van der Waals surface area contributed by atoms with Gasteiger partial charge in [0.1, 0.15) is 4.49 Å². The third-order valence-electron chi connectivity index (χ3n) is 1.73. The third-order valence-corrected chi connectivity index (χ3v) is 5.95. The zero-order chi connectivity index (χ0) is 14.3. The first-order chi connectivity index (χ1) is 9.02. The number of halogens is 5. The number of hydrogen-bond acceptors (Lipinski definition) is 3. The van der Waals surface area contributed by atoms with E-state index in [0.29, 0.717) is 4.36 Å². The fraction of sp³-hybridized carbons (Fsp3) is 0.182. The van der Waals surface area contributed by atoms with Gasteiger partial charge < -0.3 is 0 Å². The average Bonchev–Trinajstić information content (AvgIpc) is 2.42. The van der Waals surface area contributed by atoms with E-state index >= 15 is 0 Å². The van der Waals surface area contributed by atoms with Crippen LogP contribution in [0.2, 0.25) is 0 Å². The fourth-order valence-electron chi connectivity index (χ4n) is 0.943. The van der Waals surface area contributed by atoms with Crippen molar-refractivity contribution >= 4 is 81.5 Å². The van der Waals surface area contributed by atoms with Crippen LogP contribution in [-0.2, 0) is 0 Å². The summed E-state index contributed by atoms with van der Waals surface area (Å²) < 4.78 is 0.264. The Labute approximate surface area is 145 Å². The number of pyridine rings is 1. The lowest BCUT2D eigenvalue weighted by atomic mass is 10.5. The molecule has 19 heavy (non-hydrogen) atoms. The van der Waals surface area contributed by atoms with Crippen LogP contribution < -0.4 is 0 Å². The second-order valence-corrected chi connectivity index (χ2v) is 7.55. The molecule has 1 aromatic rings. The standard InChI is InChI=1S/C11H8Cl5NS2/c12-8(10(14)15)9(13)11(16)19-6-5-18-7-3-1-2-4-17-7/h1-4H,5-6H2/b11-9-. The van der Waals surface area contributed by atoms with Gasteiger partial charge in [-0.2, -0.15) is 0 Å². The van der Waals surface area contributed by atoms with Crippen LogP contribution in [0.3, 0.4) is 0 Å². The van der Waals surface area contributed by atoms with Crippen LogP contribution in [0.25, 0.3) is 0 Å². The van der Waals surface area contributed by atoms with Gasteiger partial charge in [-0.15, -0.1) is 23.5 Å². The molecule has 0 fully saturated rings. The summed E-state index contributed by atoms with van der Waals surface area (Å²) in [4.78, 5) is 4.20. The summed E-state index contributed by atoms with van der Waals surface area (Å²) in [6.45, 7) is 0. The average molecular weight is 396 g/mol. The molecule has 0 unspecified atom stereocenters. The highest BCUT2D eigenvalue weighted by molar-refractivity contribution is 8.06. The van der Waals surface area contributed by atoms with E-state index in [4.69, 9.17) is 58.0 Å². The van der Waals surface area contributed by atoms with E-state index in [0.717, 1.165) is 16.5 Å². The van der Waals surface area contributed by atoms with Gasteiger partial charge in [0.25, 0.3) is 0 Å². The number of hydrogen-bond donors (Lipinski definition) is 0. The summed E-state index contributed by atoms with van der Waals surface area (Å²) in [7, 11) is 0. The summed E-state index contributed by atoms with van der Waals surface area (Å²) in [6, 6.07) is 5.77. The van der Waals surface area contributed by atoms with E-state index in [9.17, 15) is 0 Å². The number of thioether (sulfide) groups is 2. The van der Waals surface area contributed by atoms with Crippen LogP contribution in [0.4, 0.5) is 0 Å². The van der Waals surface area contributed by atoms with E-state index in [-0.39, 0.29) is 14.6 Å². The monoisotopic (exact) mass is 393 g/mol. The Morgan fingerprint density at radius 3 is 2.32 bits per heavy atom. The lowest BCUT2D eigenvalue weighted by Gasteiger charge is -2.03. The molecular formula is C11H8Cl5NS2. The van der Waals surface area contributed by atoms with Gasteiger partial charge in [0.05, 0.1) is 19.5 Å². The number of aromatic nitrogens is 1. The number of rotatable bonds is 6. The molecule has 0 aliphatic heterocycles. The molecule has 0 saturated carbocycles. The fourth-order valence-corrected chi connectivity index (χ4v) is 3.61. The van der Waals surface area contributed by atoms with Crippen LogP contribution in [-0.4, -0.2) is 16.5 Å². The van der Waals surface area contributed by atoms with Gasteiger partial charge in [-0.05, 0) is 12.1 Å². The minimum Gasteiger partial charge on any atom is -0.250 e. The van der Waals surface area contributed by atoms with Crippen molar-refractivity contribution in [2.45, 2.75) is 5.03 Å². The minimum atomic E-state index is -0.103. The molecule has 8 heteroatoms. The third kappa shape index (κ3) is 6.85. The second-order valence-electron chi connectivity index (χ2n) is 3.03. The van der Waals surface area contributed by atoms with Crippen LogP contribution in [0, 0.1) is 0 Å². The Bertz CT molecular complexity index is 471. The van der Waals surface area contributed by atoms with Crippen molar-refractivity contribution < 1.29 is 0 Å². The van der Waals surface area contributed by atoms with Gasteiger partial charge in [0, 0.05) is 17.7 Å². The number of allylic oxidation sites excluding steroid dienone is 2. The number of nitrogens with zero attached hydrogens (tertiary/aromatic N) is 1. The lowest BCUT2D eigenvalue weighted by molar-refractivity contribution is 1.13. The Morgan fingerprint density at radius 1 is 1.00 bits per heavy atom. The van der Waals surface area contributed by atoms with Crippen molar-refractivity contribution in [3.05, 3.63) is 43.3 Å².